The molecule has 0 aliphatic heterocycles. The van der Waals surface area contributed by atoms with E-state index in [9.17, 15) is 19.6 Å². The fourth-order valence-corrected chi connectivity index (χ4v) is 5.60. The van der Waals surface area contributed by atoms with Crippen molar-refractivity contribution < 1.29 is 14.3 Å². The Kier molecular flexibility index (Phi) is 5.40. The van der Waals surface area contributed by atoms with Gasteiger partial charge >= 0.3 is 5.97 Å². The maximum absolute atomic E-state index is 13.8. The molecule has 4 aromatic rings. The van der Waals surface area contributed by atoms with E-state index in [-0.39, 0.29) is 17.7 Å². The van der Waals surface area contributed by atoms with E-state index >= 15 is 0 Å². The smallest absolute Gasteiger partial charge is 0.306 e. The first-order chi connectivity index (χ1) is 16.3. The number of aromatic amines is 1. The third kappa shape index (κ3) is 3.63. The molecule has 0 saturated heterocycles. The van der Waals surface area contributed by atoms with E-state index in [2.05, 4.69) is 46.8 Å². The fourth-order valence-electron chi connectivity index (χ4n) is 5.60. The van der Waals surface area contributed by atoms with Gasteiger partial charge in [-0.15, -0.1) is 0 Å². The van der Waals surface area contributed by atoms with Crippen LogP contribution in [0.5, 0.6) is 0 Å². The molecule has 34 heavy (non-hydrogen) atoms. The molecule has 1 saturated carbocycles. The number of H-pyrrole nitrogens is 1. The second-order valence-corrected chi connectivity index (χ2v) is 10.0. The second-order valence-electron chi connectivity index (χ2n) is 10.0. The average Bonchev–Trinajstić information content (AvgIpc) is 3.40. The molecule has 1 fully saturated rings. The highest BCUT2D eigenvalue weighted by atomic mass is 19.1. The lowest BCUT2D eigenvalue weighted by molar-refractivity contribution is -0.142. The predicted molar refractivity (Wildman–Crippen MR) is 128 cm³/mol. The monoisotopic (exact) mass is 458 g/mol. The Morgan fingerprint density at radius 1 is 1.24 bits per heavy atom. The van der Waals surface area contributed by atoms with Gasteiger partial charge in [0.25, 0.3) is 0 Å². The largest absolute Gasteiger partial charge is 0.481 e. The summed E-state index contributed by atoms with van der Waals surface area (Å²) in [5.74, 6) is -1.16. The Labute approximate surface area is 197 Å². The first-order valence-electron chi connectivity index (χ1n) is 11.7. The van der Waals surface area contributed by atoms with Crippen LogP contribution in [0.25, 0.3) is 27.5 Å². The van der Waals surface area contributed by atoms with E-state index in [1.807, 2.05) is 0 Å². The maximum Gasteiger partial charge on any atom is 0.306 e. The van der Waals surface area contributed by atoms with Crippen molar-refractivity contribution >= 4 is 27.8 Å². The third-order valence-electron chi connectivity index (χ3n) is 7.30. The highest BCUT2D eigenvalue weighted by Crippen LogP contribution is 2.47. The van der Waals surface area contributed by atoms with Crippen LogP contribution in [0.1, 0.15) is 63.1 Å². The van der Waals surface area contributed by atoms with Gasteiger partial charge in [-0.2, -0.15) is 10.4 Å². The number of hydrogen-bond acceptors (Lipinski definition) is 3. The zero-order valence-electron chi connectivity index (χ0n) is 19.3. The lowest BCUT2D eigenvalue weighted by Crippen LogP contribution is -2.25. The molecule has 1 aliphatic carbocycles. The van der Waals surface area contributed by atoms with Gasteiger partial charge in [0.15, 0.2) is 0 Å². The van der Waals surface area contributed by atoms with Crippen molar-refractivity contribution in [2.75, 3.05) is 0 Å². The molecule has 0 bridgehead atoms. The summed E-state index contributed by atoms with van der Waals surface area (Å²) >= 11 is 0. The minimum Gasteiger partial charge on any atom is -0.481 e. The van der Waals surface area contributed by atoms with Gasteiger partial charge in [0, 0.05) is 34.0 Å². The molecule has 6 nitrogen and oxygen atoms in total. The van der Waals surface area contributed by atoms with E-state index in [0.717, 1.165) is 46.0 Å². The molecule has 2 aromatic heterocycles. The zero-order valence-corrected chi connectivity index (χ0v) is 19.3. The molecule has 0 spiro atoms. The van der Waals surface area contributed by atoms with Gasteiger partial charge in [0.2, 0.25) is 0 Å². The molecule has 0 unspecified atom stereocenters. The number of aliphatic carboxylic acids is 1. The molecular weight excluding hydrogens is 431 g/mol. The molecule has 7 heteroatoms. The van der Waals surface area contributed by atoms with Crippen molar-refractivity contribution in [2.24, 2.45) is 5.92 Å². The van der Waals surface area contributed by atoms with Crippen LogP contribution in [0, 0.1) is 23.1 Å². The summed E-state index contributed by atoms with van der Waals surface area (Å²) in [7, 11) is 0. The number of fused-ring (bicyclic) bond motifs is 2. The van der Waals surface area contributed by atoms with Crippen LogP contribution in [-0.4, -0.2) is 25.8 Å². The molecule has 2 N–H and O–H groups in total. The number of nitriles is 1. The number of carboxylic acids is 1. The van der Waals surface area contributed by atoms with Gasteiger partial charge in [0.05, 0.1) is 29.2 Å². The number of halogens is 1. The lowest BCUT2D eigenvalue weighted by atomic mass is 9.74. The van der Waals surface area contributed by atoms with Crippen molar-refractivity contribution in [3.63, 3.8) is 0 Å². The van der Waals surface area contributed by atoms with Gasteiger partial charge in [0.1, 0.15) is 5.82 Å². The van der Waals surface area contributed by atoms with Gasteiger partial charge < -0.3 is 9.67 Å². The SMILES string of the molecule is CC(C)(CC#N)c1c([C@H]2CC[C@H](C(=O)O)CC2)c2cc3[nH]ncc3cc2n1-c1ccc(F)cc1. The third-order valence-corrected chi connectivity index (χ3v) is 7.30. The predicted octanol–water partition coefficient (Wildman–Crippen LogP) is 6.20. The topological polar surface area (TPSA) is 94.7 Å². The van der Waals surface area contributed by atoms with Crippen LogP contribution in [-0.2, 0) is 10.2 Å². The second kappa shape index (κ2) is 8.28. The zero-order chi connectivity index (χ0) is 24.0. The Bertz CT molecular complexity index is 1420. The van der Waals surface area contributed by atoms with Crippen molar-refractivity contribution in [3.8, 4) is 11.8 Å². The number of carboxylic acid groups (broad SMARTS) is 1. The highest BCUT2D eigenvalue weighted by molar-refractivity contribution is 5.99. The molecule has 5 rings (SSSR count). The minimum atomic E-state index is -0.726. The van der Waals surface area contributed by atoms with Gasteiger partial charge in [-0.05, 0) is 73.6 Å². The molecule has 0 atom stereocenters. The van der Waals surface area contributed by atoms with Crippen LogP contribution in [0.2, 0.25) is 0 Å². The molecule has 2 heterocycles. The summed E-state index contributed by atoms with van der Waals surface area (Å²) < 4.78 is 16.0. The lowest BCUT2D eigenvalue weighted by Gasteiger charge is -2.32. The van der Waals surface area contributed by atoms with Crippen molar-refractivity contribution in [1.29, 1.82) is 5.26 Å². The van der Waals surface area contributed by atoms with Crippen molar-refractivity contribution in [1.82, 2.24) is 14.8 Å². The van der Waals surface area contributed by atoms with Gasteiger partial charge in [-0.1, -0.05) is 13.8 Å². The number of nitrogens with one attached hydrogen (secondary N) is 1. The maximum atomic E-state index is 13.8. The summed E-state index contributed by atoms with van der Waals surface area (Å²) in [4.78, 5) is 11.6. The van der Waals surface area contributed by atoms with E-state index in [4.69, 9.17) is 0 Å². The molecule has 1 aliphatic rings. The molecule has 0 amide bonds. The van der Waals surface area contributed by atoms with Crippen LogP contribution in [0.4, 0.5) is 4.39 Å². The van der Waals surface area contributed by atoms with Crippen LogP contribution in [0.15, 0.2) is 42.6 Å². The summed E-state index contributed by atoms with van der Waals surface area (Å²) in [6.07, 6.45) is 4.92. The number of nitrogens with zero attached hydrogens (tertiary/aromatic N) is 3. The van der Waals surface area contributed by atoms with Crippen LogP contribution < -0.4 is 0 Å². The Morgan fingerprint density at radius 3 is 2.59 bits per heavy atom. The number of hydrogen-bond donors (Lipinski definition) is 2. The first kappa shape index (κ1) is 22.1. The highest BCUT2D eigenvalue weighted by Gasteiger charge is 2.36. The standard InChI is InChI=1S/C27H27FN4O2/c1-27(2,11-12-29)25-24(16-3-5-17(6-4-16)26(33)34)21-14-22-18(15-30-31-22)13-23(21)32(25)20-9-7-19(28)8-10-20/h7-10,13-17H,3-6,11H2,1-2H3,(H,30,31)(H,33,34)/t16-,17-. The molecule has 2 aromatic carbocycles. The number of aromatic nitrogens is 3. The molecule has 174 valence electrons. The van der Waals surface area contributed by atoms with Crippen LogP contribution in [0.3, 0.4) is 0 Å². The normalized spacial score (nSPS) is 18.9. The molecule has 0 radical (unpaired) electrons. The van der Waals surface area contributed by atoms with Gasteiger partial charge in [-0.25, -0.2) is 4.39 Å². The van der Waals surface area contributed by atoms with Crippen molar-refractivity contribution in [2.45, 2.75) is 57.3 Å². The molecular formula is C27H27FN4O2. The van der Waals surface area contributed by atoms with E-state index in [1.165, 1.54) is 17.7 Å². The quantitative estimate of drug-likeness (QED) is 0.372. The van der Waals surface area contributed by atoms with E-state index in [0.29, 0.717) is 19.3 Å². The minimum absolute atomic E-state index is 0.174. The van der Waals surface area contributed by atoms with Crippen molar-refractivity contribution in [3.05, 3.63) is 59.7 Å². The Morgan fingerprint density at radius 2 is 1.94 bits per heavy atom. The number of carbonyl (C=O) groups is 1. The fraction of sp³-hybridized carbons (Fsp3) is 0.370. The Balaban J connectivity index is 1.82. The van der Waals surface area contributed by atoms with Crippen LogP contribution >= 0.6 is 0 Å². The number of benzene rings is 2. The summed E-state index contributed by atoms with van der Waals surface area (Å²) in [5, 5.41) is 28.5. The first-order valence-corrected chi connectivity index (χ1v) is 11.7. The van der Waals surface area contributed by atoms with E-state index < -0.39 is 11.4 Å². The summed E-state index contributed by atoms with van der Waals surface area (Å²) in [6.45, 7) is 4.15. The van der Waals surface area contributed by atoms with E-state index in [1.54, 1.807) is 18.3 Å². The Hall–Kier alpha value is -3.66. The summed E-state index contributed by atoms with van der Waals surface area (Å²) in [6, 6.07) is 13.0. The average molecular weight is 459 g/mol. The van der Waals surface area contributed by atoms with Gasteiger partial charge in [-0.3, -0.25) is 9.89 Å². The number of rotatable bonds is 5. The summed E-state index contributed by atoms with van der Waals surface area (Å²) in [5.41, 5.74) is 4.47.